The molecule has 2 N–H and O–H groups in total. The van der Waals surface area contributed by atoms with Gasteiger partial charge in [-0.05, 0) is 42.2 Å². The molecule has 2 unspecified atom stereocenters. The number of para-hydroxylation sites is 1. The van der Waals surface area contributed by atoms with Gasteiger partial charge in [0.15, 0.2) is 0 Å². The molecule has 5 rings (SSSR count). The van der Waals surface area contributed by atoms with E-state index in [1.807, 2.05) is 0 Å². The Kier molecular flexibility index (Phi) is 7.84. The third kappa shape index (κ3) is 5.42. The minimum absolute atomic E-state index is 0.0338. The first-order valence-corrected chi connectivity index (χ1v) is 15.0. The number of piperazine rings is 1. The molecule has 1 saturated heterocycles. The van der Waals surface area contributed by atoms with E-state index in [0.29, 0.717) is 28.9 Å². The molecule has 1 aliphatic carbocycles. The SMILES string of the molecule is COc1cc(C(=O)N2CCN(C(=O)O)C(C(C)C3CCCC3)C2)ccc1NS(=O)(=O)c1cccc2cccnc12. The second-order valence-corrected chi connectivity index (χ2v) is 12.2. The summed E-state index contributed by atoms with van der Waals surface area (Å²) in [6.07, 6.45) is 5.07. The molecule has 0 bridgehead atoms. The number of nitrogens with zero attached hydrogens (tertiary/aromatic N) is 3. The highest BCUT2D eigenvalue weighted by Gasteiger charge is 2.39. The summed E-state index contributed by atoms with van der Waals surface area (Å²) in [6.45, 7) is 2.94. The van der Waals surface area contributed by atoms with Crippen LogP contribution in [0.25, 0.3) is 10.9 Å². The van der Waals surface area contributed by atoms with Crippen LogP contribution in [0.3, 0.4) is 0 Å². The van der Waals surface area contributed by atoms with E-state index in [1.54, 1.807) is 35.2 Å². The average molecular weight is 567 g/mol. The first-order chi connectivity index (χ1) is 19.2. The van der Waals surface area contributed by atoms with E-state index in [9.17, 15) is 23.1 Å². The molecule has 1 aromatic heterocycles. The Morgan fingerprint density at radius 1 is 1.10 bits per heavy atom. The molecule has 2 fully saturated rings. The molecule has 0 radical (unpaired) electrons. The Labute approximate surface area is 234 Å². The van der Waals surface area contributed by atoms with Gasteiger partial charge < -0.3 is 19.6 Å². The third-order valence-corrected chi connectivity index (χ3v) is 9.68. The number of anilines is 1. The molecule has 1 saturated carbocycles. The number of ether oxygens (including phenoxy) is 1. The van der Waals surface area contributed by atoms with Crippen molar-refractivity contribution in [1.29, 1.82) is 0 Å². The van der Waals surface area contributed by atoms with E-state index in [4.69, 9.17) is 4.74 Å². The van der Waals surface area contributed by atoms with E-state index in [1.165, 1.54) is 36.4 Å². The molecular formula is C29H34N4O6S. The molecule has 3 aromatic rings. The van der Waals surface area contributed by atoms with Crippen LogP contribution in [0.4, 0.5) is 10.5 Å². The highest BCUT2D eigenvalue weighted by Crippen LogP contribution is 2.36. The highest BCUT2D eigenvalue weighted by atomic mass is 32.2. The fraction of sp³-hybridized carbons (Fsp3) is 0.414. The van der Waals surface area contributed by atoms with Gasteiger partial charge in [0.1, 0.15) is 10.6 Å². The fourth-order valence-corrected chi connectivity index (χ4v) is 7.31. The summed E-state index contributed by atoms with van der Waals surface area (Å²) in [5, 5.41) is 10.5. The van der Waals surface area contributed by atoms with Gasteiger partial charge in [-0.3, -0.25) is 14.5 Å². The Balaban J connectivity index is 1.37. The molecular weight excluding hydrogens is 532 g/mol. The topological polar surface area (TPSA) is 129 Å². The Morgan fingerprint density at radius 3 is 2.58 bits per heavy atom. The maximum absolute atomic E-state index is 13.6. The van der Waals surface area contributed by atoms with Crippen molar-refractivity contribution in [2.75, 3.05) is 31.5 Å². The van der Waals surface area contributed by atoms with Gasteiger partial charge in [-0.25, -0.2) is 13.2 Å². The van der Waals surface area contributed by atoms with E-state index >= 15 is 0 Å². The normalized spacial score (nSPS) is 19.0. The van der Waals surface area contributed by atoms with Crippen LogP contribution in [0.15, 0.2) is 59.6 Å². The number of hydrogen-bond acceptors (Lipinski definition) is 6. The van der Waals surface area contributed by atoms with Crippen LogP contribution in [0.2, 0.25) is 0 Å². The number of rotatable bonds is 7. The first kappa shape index (κ1) is 27.7. The van der Waals surface area contributed by atoms with Gasteiger partial charge in [-0.1, -0.05) is 50.8 Å². The number of methoxy groups -OCH3 is 1. The average Bonchev–Trinajstić information content (AvgIpc) is 3.51. The minimum atomic E-state index is -4.01. The number of benzene rings is 2. The summed E-state index contributed by atoms with van der Waals surface area (Å²) in [6, 6.07) is 12.8. The maximum atomic E-state index is 13.6. The molecule has 1 aliphatic heterocycles. The maximum Gasteiger partial charge on any atom is 0.407 e. The number of carbonyl (C=O) groups is 2. The van der Waals surface area contributed by atoms with Crippen molar-refractivity contribution in [3.05, 3.63) is 60.3 Å². The van der Waals surface area contributed by atoms with Crippen molar-refractivity contribution in [3.63, 3.8) is 0 Å². The molecule has 0 spiro atoms. The Hall–Kier alpha value is -3.86. The van der Waals surface area contributed by atoms with Crippen molar-refractivity contribution < 1.29 is 27.9 Å². The number of hydrogen-bond donors (Lipinski definition) is 2. The summed E-state index contributed by atoms with van der Waals surface area (Å²) in [5.74, 6) is 0.539. The molecule has 2 heterocycles. The molecule has 2 aromatic carbocycles. The van der Waals surface area contributed by atoms with Crippen LogP contribution in [0.1, 0.15) is 43.0 Å². The summed E-state index contributed by atoms with van der Waals surface area (Å²) in [4.78, 5) is 33.0. The summed E-state index contributed by atoms with van der Waals surface area (Å²) in [5.41, 5.74) is 0.878. The van der Waals surface area contributed by atoms with Crippen LogP contribution in [0.5, 0.6) is 5.75 Å². The smallest absolute Gasteiger partial charge is 0.407 e. The lowest BCUT2D eigenvalue weighted by Gasteiger charge is -2.44. The predicted octanol–water partition coefficient (Wildman–Crippen LogP) is 4.67. The van der Waals surface area contributed by atoms with Gasteiger partial charge in [0.2, 0.25) is 0 Å². The lowest BCUT2D eigenvalue weighted by Crippen LogP contribution is -2.59. The first-order valence-electron chi connectivity index (χ1n) is 13.5. The second kappa shape index (κ2) is 11.3. The van der Waals surface area contributed by atoms with Gasteiger partial charge >= 0.3 is 6.09 Å². The zero-order valence-electron chi connectivity index (χ0n) is 22.6. The van der Waals surface area contributed by atoms with Crippen LogP contribution in [-0.2, 0) is 10.0 Å². The van der Waals surface area contributed by atoms with E-state index < -0.39 is 16.1 Å². The molecule has 212 valence electrons. The van der Waals surface area contributed by atoms with Crippen LogP contribution >= 0.6 is 0 Å². The standard InChI is InChI=1S/C29H34N4O6S/c1-19(20-7-3-4-8-20)24-18-32(15-16-33(24)29(35)36)28(34)22-12-13-23(25(17-22)39-2)31-40(37,38)26-11-5-9-21-10-6-14-30-27(21)26/h5-6,9-14,17,19-20,24,31H,3-4,7-8,15-16,18H2,1-2H3,(H,35,36). The Morgan fingerprint density at radius 2 is 1.85 bits per heavy atom. The minimum Gasteiger partial charge on any atom is -0.495 e. The van der Waals surface area contributed by atoms with E-state index in [0.717, 1.165) is 25.7 Å². The fourth-order valence-electron chi connectivity index (χ4n) is 6.06. The quantitative estimate of drug-likeness (QED) is 0.425. The number of amides is 2. The summed E-state index contributed by atoms with van der Waals surface area (Å²) >= 11 is 0. The zero-order valence-corrected chi connectivity index (χ0v) is 23.4. The van der Waals surface area contributed by atoms with Crippen molar-refractivity contribution in [1.82, 2.24) is 14.8 Å². The number of sulfonamides is 1. The van der Waals surface area contributed by atoms with Crippen LogP contribution in [0, 0.1) is 11.8 Å². The molecule has 11 heteroatoms. The number of aromatic nitrogens is 1. The van der Waals surface area contributed by atoms with Gasteiger partial charge in [0, 0.05) is 36.8 Å². The van der Waals surface area contributed by atoms with Gasteiger partial charge in [-0.2, -0.15) is 0 Å². The lowest BCUT2D eigenvalue weighted by molar-refractivity contribution is 0.0280. The van der Waals surface area contributed by atoms with E-state index in [-0.39, 0.29) is 47.3 Å². The third-order valence-electron chi connectivity index (χ3n) is 8.28. The predicted molar refractivity (Wildman–Crippen MR) is 151 cm³/mol. The van der Waals surface area contributed by atoms with Gasteiger partial charge in [-0.15, -0.1) is 0 Å². The molecule has 10 nitrogen and oxygen atoms in total. The van der Waals surface area contributed by atoms with Crippen molar-refractivity contribution in [3.8, 4) is 5.75 Å². The number of carboxylic acid groups (broad SMARTS) is 1. The monoisotopic (exact) mass is 566 g/mol. The van der Waals surface area contributed by atoms with Gasteiger partial charge in [0.05, 0.1) is 24.4 Å². The molecule has 2 atom stereocenters. The largest absolute Gasteiger partial charge is 0.495 e. The van der Waals surface area contributed by atoms with Crippen molar-refractivity contribution in [2.24, 2.45) is 11.8 Å². The van der Waals surface area contributed by atoms with Crippen LogP contribution in [-0.4, -0.2) is 73.1 Å². The van der Waals surface area contributed by atoms with Crippen LogP contribution < -0.4 is 9.46 Å². The second-order valence-electron chi connectivity index (χ2n) is 10.5. The number of carbonyl (C=O) groups excluding carboxylic acids is 1. The highest BCUT2D eigenvalue weighted by molar-refractivity contribution is 7.93. The number of fused-ring (bicyclic) bond motifs is 1. The van der Waals surface area contributed by atoms with Crippen molar-refractivity contribution >= 4 is 38.6 Å². The van der Waals surface area contributed by atoms with Gasteiger partial charge in [0.25, 0.3) is 15.9 Å². The molecule has 40 heavy (non-hydrogen) atoms. The number of pyridine rings is 1. The Bertz CT molecular complexity index is 1520. The lowest BCUT2D eigenvalue weighted by atomic mass is 9.84. The van der Waals surface area contributed by atoms with Crippen molar-refractivity contribution in [2.45, 2.75) is 43.5 Å². The zero-order chi connectivity index (χ0) is 28.4. The summed E-state index contributed by atoms with van der Waals surface area (Å²) < 4.78 is 34.7. The summed E-state index contributed by atoms with van der Waals surface area (Å²) in [7, 11) is -2.61. The molecule has 2 amide bonds. The number of nitrogens with one attached hydrogen (secondary N) is 1. The van der Waals surface area contributed by atoms with E-state index in [2.05, 4.69) is 16.6 Å². The molecule has 2 aliphatic rings.